The van der Waals surface area contributed by atoms with Crippen LogP contribution in [0.4, 0.5) is 9.18 Å². The van der Waals surface area contributed by atoms with Gasteiger partial charge in [-0.2, -0.15) is 0 Å². The number of methoxy groups -OCH3 is 2. The third-order valence-corrected chi connectivity index (χ3v) is 3.49. The fraction of sp³-hybridized carbons (Fsp3) is 0.211. The molecule has 0 atom stereocenters. The number of nitrogens with one attached hydrogen (secondary N) is 2. The van der Waals surface area contributed by atoms with Gasteiger partial charge in [0.25, 0.3) is 0 Å². The lowest BCUT2D eigenvalue weighted by atomic mass is 10.1. The lowest BCUT2D eigenvalue weighted by Crippen LogP contribution is -2.33. The van der Waals surface area contributed by atoms with E-state index >= 15 is 0 Å². The summed E-state index contributed by atoms with van der Waals surface area (Å²) in [5, 5.41) is 5.33. The molecule has 0 heterocycles. The number of carbonyl (C=O) groups is 1. The highest BCUT2D eigenvalue weighted by atomic mass is 19.1. The minimum atomic E-state index is -0.326. The average Bonchev–Trinajstić information content (AvgIpc) is 2.61. The Balaban J connectivity index is 1.77. The molecule has 2 aromatic carbocycles. The first-order valence-electron chi connectivity index (χ1n) is 7.80. The summed E-state index contributed by atoms with van der Waals surface area (Å²) in [4.78, 5) is 11.7. The van der Waals surface area contributed by atoms with Crippen molar-refractivity contribution in [3.8, 4) is 11.5 Å². The van der Waals surface area contributed by atoms with Gasteiger partial charge < -0.3 is 20.1 Å². The quantitative estimate of drug-likeness (QED) is 0.810. The second kappa shape index (κ2) is 9.32. The van der Waals surface area contributed by atoms with Crippen molar-refractivity contribution in [1.82, 2.24) is 10.6 Å². The van der Waals surface area contributed by atoms with Gasteiger partial charge in [-0.15, -0.1) is 0 Å². The number of halogens is 1. The van der Waals surface area contributed by atoms with Crippen molar-refractivity contribution < 1.29 is 18.7 Å². The molecule has 0 aromatic heterocycles. The third kappa shape index (κ3) is 5.84. The Hall–Kier alpha value is -3.02. The Morgan fingerprint density at radius 1 is 1.12 bits per heavy atom. The van der Waals surface area contributed by atoms with Gasteiger partial charge in [-0.3, -0.25) is 0 Å². The molecule has 132 valence electrons. The second-order valence-corrected chi connectivity index (χ2v) is 5.23. The lowest BCUT2D eigenvalue weighted by Gasteiger charge is -2.10. The SMILES string of the molecule is COc1ccc(CCNC(=O)N/C=C/c2cccc(F)c2)cc1OC. The van der Waals surface area contributed by atoms with Crippen LogP contribution in [0.3, 0.4) is 0 Å². The minimum Gasteiger partial charge on any atom is -0.493 e. The van der Waals surface area contributed by atoms with Gasteiger partial charge in [0.1, 0.15) is 5.82 Å². The van der Waals surface area contributed by atoms with Gasteiger partial charge in [0.05, 0.1) is 14.2 Å². The van der Waals surface area contributed by atoms with Crippen LogP contribution in [0, 0.1) is 5.82 Å². The van der Waals surface area contributed by atoms with Crippen molar-refractivity contribution in [2.75, 3.05) is 20.8 Å². The summed E-state index contributed by atoms with van der Waals surface area (Å²) >= 11 is 0. The topological polar surface area (TPSA) is 59.6 Å². The summed E-state index contributed by atoms with van der Waals surface area (Å²) in [5.41, 5.74) is 1.69. The molecule has 0 bridgehead atoms. The monoisotopic (exact) mass is 344 g/mol. The van der Waals surface area contributed by atoms with Crippen LogP contribution in [0.25, 0.3) is 6.08 Å². The Bertz CT molecular complexity index is 747. The highest BCUT2D eigenvalue weighted by Gasteiger charge is 2.05. The summed E-state index contributed by atoms with van der Waals surface area (Å²) in [7, 11) is 3.17. The molecule has 0 unspecified atom stereocenters. The van der Waals surface area contributed by atoms with E-state index in [2.05, 4.69) is 10.6 Å². The summed E-state index contributed by atoms with van der Waals surface area (Å²) in [6.07, 6.45) is 3.75. The maximum Gasteiger partial charge on any atom is 0.318 e. The van der Waals surface area contributed by atoms with Crippen molar-refractivity contribution in [3.63, 3.8) is 0 Å². The van der Waals surface area contributed by atoms with Crippen LogP contribution >= 0.6 is 0 Å². The van der Waals surface area contributed by atoms with Gasteiger partial charge >= 0.3 is 6.03 Å². The Morgan fingerprint density at radius 3 is 2.64 bits per heavy atom. The van der Waals surface area contributed by atoms with Crippen molar-refractivity contribution in [3.05, 3.63) is 65.6 Å². The first-order valence-corrected chi connectivity index (χ1v) is 7.80. The minimum absolute atomic E-state index is 0.318. The molecule has 5 nitrogen and oxygen atoms in total. The van der Waals surface area contributed by atoms with E-state index in [9.17, 15) is 9.18 Å². The first-order chi connectivity index (χ1) is 12.1. The first kappa shape index (κ1) is 18.3. The molecule has 2 N–H and O–H groups in total. The Morgan fingerprint density at radius 2 is 1.92 bits per heavy atom. The van der Waals surface area contributed by atoms with E-state index in [1.54, 1.807) is 32.4 Å². The van der Waals surface area contributed by atoms with Gasteiger partial charge in [-0.25, -0.2) is 9.18 Å². The molecule has 0 saturated heterocycles. The highest BCUT2D eigenvalue weighted by Crippen LogP contribution is 2.27. The lowest BCUT2D eigenvalue weighted by molar-refractivity contribution is 0.244. The van der Waals surface area contributed by atoms with E-state index < -0.39 is 0 Å². The van der Waals surface area contributed by atoms with Crippen molar-refractivity contribution in [1.29, 1.82) is 0 Å². The van der Waals surface area contributed by atoms with Crippen LogP contribution in [0.15, 0.2) is 48.7 Å². The molecular formula is C19H21FN2O3. The normalized spacial score (nSPS) is 10.5. The molecule has 0 fully saturated rings. The van der Waals surface area contributed by atoms with Gasteiger partial charge in [0.2, 0.25) is 0 Å². The van der Waals surface area contributed by atoms with Gasteiger partial charge in [0.15, 0.2) is 11.5 Å². The van der Waals surface area contributed by atoms with Crippen LogP contribution < -0.4 is 20.1 Å². The van der Waals surface area contributed by atoms with E-state index in [1.807, 2.05) is 18.2 Å². The maximum absolute atomic E-state index is 13.0. The molecule has 0 aliphatic rings. The molecular weight excluding hydrogens is 323 g/mol. The van der Waals surface area contributed by atoms with Crippen LogP contribution in [0.1, 0.15) is 11.1 Å². The fourth-order valence-corrected chi connectivity index (χ4v) is 2.23. The number of rotatable bonds is 7. The molecule has 2 aromatic rings. The molecule has 0 saturated carbocycles. The second-order valence-electron chi connectivity index (χ2n) is 5.23. The number of amides is 2. The van der Waals surface area contributed by atoms with Gasteiger partial charge in [-0.1, -0.05) is 18.2 Å². The van der Waals surface area contributed by atoms with Crippen LogP contribution in [-0.4, -0.2) is 26.8 Å². The molecule has 25 heavy (non-hydrogen) atoms. The molecule has 0 aliphatic heterocycles. The Labute approximate surface area is 146 Å². The van der Waals surface area contributed by atoms with Crippen molar-refractivity contribution in [2.45, 2.75) is 6.42 Å². The summed E-state index contributed by atoms with van der Waals surface area (Å²) in [5.74, 6) is 1.00. The number of hydrogen-bond acceptors (Lipinski definition) is 3. The Kier molecular flexibility index (Phi) is 6.83. The zero-order chi connectivity index (χ0) is 18.1. The largest absolute Gasteiger partial charge is 0.493 e. The molecule has 6 heteroatoms. The van der Waals surface area contributed by atoms with E-state index in [1.165, 1.54) is 18.3 Å². The van der Waals surface area contributed by atoms with E-state index in [-0.39, 0.29) is 11.8 Å². The van der Waals surface area contributed by atoms with Crippen molar-refractivity contribution >= 4 is 12.1 Å². The molecule has 0 radical (unpaired) electrons. The molecule has 0 aliphatic carbocycles. The number of urea groups is 1. The van der Waals surface area contributed by atoms with E-state index in [0.29, 0.717) is 30.0 Å². The zero-order valence-electron chi connectivity index (χ0n) is 14.2. The standard InChI is InChI=1S/C19H21FN2O3/c1-24-17-7-6-15(13-18(17)25-2)9-11-22-19(23)21-10-8-14-4-3-5-16(20)12-14/h3-8,10,12-13H,9,11H2,1-2H3,(H2,21,22,23)/b10-8+. The van der Waals surface area contributed by atoms with Crippen LogP contribution in [0.5, 0.6) is 11.5 Å². The number of hydrogen-bond donors (Lipinski definition) is 2. The van der Waals surface area contributed by atoms with Crippen molar-refractivity contribution in [2.24, 2.45) is 0 Å². The average molecular weight is 344 g/mol. The zero-order valence-corrected chi connectivity index (χ0v) is 14.2. The summed E-state index contributed by atoms with van der Waals surface area (Å²) in [6.45, 7) is 0.467. The predicted octanol–water partition coefficient (Wildman–Crippen LogP) is 3.36. The summed E-state index contributed by atoms with van der Waals surface area (Å²) < 4.78 is 23.5. The van der Waals surface area contributed by atoms with Gasteiger partial charge in [0, 0.05) is 12.7 Å². The third-order valence-electron chi connectivity index (χ3n) is 3.49. The fourth-order valence-electron chi connectivity index (χ4n) is 2.23. The molecule has 0 spiro atoms. The molecule has 2 rings (SSSR count). The number of benzene rings is 2. The predicted molar refractivity (Wildman–Crippen MR) is 95.2 cm³/mol. The van der Waals surface area contributed by atoms with Gasteiger partial charge in [-0.05, 0) is 47.9 Å². The summed E-state index contributed by atoms with van der Waals surface area (Å²) in [6, 6.07) is 11.4. The number of carbonyl (C=O) groups excluding carboxylic acids is 1. The molecule has 2 amide bonds. The number of ether oxygens (including phenoxy) is 2. The van der Waals surface area contributed by atoms with E-state index in [0.717, 1.165) is 5.56 Å². The highest BCUT2D eigenvalue weighted by molar-refractivity contribution is 5.75. The maximum atomic E-state index is 13.0. The van der Waals surface area contributed by atoms with Crippen LogP contribution in [-0.2, 0) is 6.42 Å². The smallest absolute Gasteiger partial charge is 0.318 e. The van der Waals surface area contributed by atoms with Crippen LogP contribution in [0.2, 0.25) is 0 Å². The van der Waals surface area contributed by atoms with E-state index in [4.69, 9.17) is 9.47 Å².